The van der Waals surface area contributed by atoms with E-state index in [9.17, 15) is 0 Å². The fraction of sp³-hybridized carbons (Fsp3) is 0.351. The molecule has 1 aliphatic heterocycles. The van der Waals surface area contributed by atoms with Crippen LogP contribution < -0.4 is 0 Å². The third kappa shape index (κ3) is 7.19. The molecule has 3 aromatic rings. The average Bonchev–Trinajstić information content (AvgIpc) is 2.93. The van der Waals surface area contributed by atoms with Crippen molar-refractivity contribution in [1.82, 2.24) is 5.06 Å². The second kappa shape index (κ2) is 12.7. The van der Waals surface area contributed by atoms with E-state index in [1.807, 2.05) is 6.08 Å². The molecule has 0 spiro atoms. The van der Waals surface area contributed by atoms with Gasteiger partial charge in [0.25, 0.3) is 0 Å². The van der Waals surface area contributed by atoms with Gasteiger partial charge in [-0.2, -0.15) is 0 Å². The average molecular weight is 520 g/mol. The molecule has 204 valence electrons. The van der Waals surface area contributed by atoms with Crippen molar-refractivity contribution in [2.75, 3.05) is 0 Å². The van der Waals surface area contributed by atoms with E-state index in [2.05, 4.69) is 131 Å². The molecule has 0 radical (unpaired) electrons. The predicted molar refractivity (Wildman–Crippen MR) is 167 cm³/mol. The van der Waals surface area contributed by atoms with Gasteiger partial charge < -0.3 is 4.84 Å². The highest BCUT2D eigenvalue weighted by Gasteiger charge is 2.47. The van der Waals surface area contributed by atoms with E-state index in [1.54, 1.807) is 6.26 Å². The van der Waals surface area contributed by atoms with Crippen LogP contribution in [0.15, 0.2) is 110 Å². The van der Waals surface area contributed by atoms with Crippen LogP contribution in [0.2, 0.25) is 0 Å². The Hall–Kier alpha value is -3.36. The molecule has 0 saturated carbocycles. The molecule has 0 unspecified atom stereocenters. The molecule has 1 fully saturated rings. The molecular weight excluding hydrogens is 474 g/mol. The van der Waals surface area contributed by atoms with Crippen molar-refractivity contribution >= 4 is 0 Å². The number of hydroxylamine groups is 2. The van der Waals surface area contributed by atoms with Crippen molar-refractivity contribution in [1.29, 1.82) is 0 Å². The summed E-state index contributed by atoms with van der Waals surface area (Å²) in [6, 6.07) is 27.1. The Morgan fingerprint density at radius 2 is 1.15 bits per heavy atom. The third-order valence-electron chi connectivity index (χ3n) is 7.96. The molecule has 1 saturated heterocycles. The third-order valence-corrected chi connectivity index (χ3v) is 7.96. The highest BCUT2D eigenvalue weighted by atomic mass is 16.7. The molecule has 1 aliphatic rings. The van der Waals surface area contributed by atoms with Gasteiger partial charge in [0.2, 0.25) is 0 Å². The smallest absolute Gasteiger partial charge is 0.104 e. The summed E-state index contributed by atoms with van der Waals surface area (Å²) in [6.45, 7) is 16.6. The summed E-state index contributed by atoms with van der Waals surface area (Å²) < 4.78 is 0. The van der Waals surface area contributed by atoms with Gasteiger partial charge in [0, 0.05) is 0 Å². The molecule has 1 heterocycles. The van der Waals surface area contributed by atoms with Crippen molar-refractivity contribution in [3.05, 3.63) is 122 Å². The van der Waals surface area contributed by atoms with E-state index in [0.717, 1.165) is 38.5 Å². The van der Waals surface area contributed by atoms with Gasteiger partial charge >= 0.3 is 0 Å². The lowest BCUT2D eigenvalue weighted by atomic mass is 9.72. The van der Waals surface area contributed by atoms with Gasteiger partial charge in [-0.25, -0.2) is 0 Å². The number of benzene rings is 3. The fourth-order valence-electron chi connectivity index (χ4n) is 6.23. The number of rotatable bonds is 11. The summed E-state index contributed by atoms with van der Waals surface area (Å²) >= 11 is 0. The van der Waals surface area contributed by atoms with Crippen LogP contribution in [0, 0.1) is 0 Å². The van der Waals surface area contributed by atoms with Gasteiger partial charge in [0.1, 0.15) is 6.26 Å². The molecule has 0 aliphatic carbocycles. The summed E-state index contributed by atoms with van der Waals surface area (Å²) in [5.41, 5.74) is 7.67. The van der Waals surface area contributed by atoms with Crippen LogP contribution in [0.3, 0.4) is 0 Å². The topological polar surface area (TPSA) is 12.5 Å². The van der Waals surface area contributed by atoms with Crippen molar-refractivity contribution < 1.29 is 4.84 Å². The van der Waals surface area contributed by atoms with Crippen LogP contribution in [-0.2, 0) is 11.3 Å². The maximum Gasteiger partial charge on any atom is 0.104 e. The molecule has 39 heavy (non-hydrogen) atoms. The lowest BCUT2D eigenvalue weighted by molar-refractivity contribution is -0.249. The largest absolute Gasteiger partial charge is 0.413 e. The van der Waals surface area contributed by atoms with Crippen LogP contribution in [0.25, 0.3) is 22.3 Å². The first-order chi connectivity index (χ1) is 18.7. The Kier molecular flexibility index (Phi) is 9.30. The van der Waals surface area contributed by atoms with Crippen molar-refractivity contribution in [3.8, 4) is 22.3 Å². The maximum atomic E-state index is 5.84. The Balaban J connectivity index is 1.39. The van der Waals surface area contributed by atoms with Crippen molar-refractivity contribution in [2.24, 2.45) is 0 Å². The molecule has 2 nitrogen and oxygen atoms in total. The second-order valence-electron chi connectivity index (χ2n) is 12.1. The highest BCUT2D eigenvalue weighted by molar-refractivity contribution is 5.70. The first-order valence-corrected chi connectivity index (χ1v) is 14.4. The molecule has 3 aromatic carbocycles. The summed E-state index contributed by atoms with van der Waals surface area (Å²) in [5.74, 6) is 0.493. The Morgan fingerprint density at radius 1 is 0.692 bits per heavy atom. The van der Waals surface area contributed by atoms with Crippen molar-refractivity contribution in [2.45, 2.75) is 83.2 Å². The first kappa shape index (κ1) is 28.6. The molecule has 2 heteroatoms. The molecule has 0 aromatic heterocycles. The SMILES string of the molecule is C=CCC/C=C/CCc1ccc(-c2ccc(-c3ccc(C4CC(C)(C)N(OC=C)C(C)(C)C4)cc3)cc2)cc1. The van der Waals surface area contributed by atoms with Gasteiger partial charge in [0.15, 0.2) is 0 Å². The van der Waals surface area contributed by atoms with E-state index in [0.29, 0.717) is 5.92 Å². The first-order valence-electron chi connectivity index (χ1n) is 14.4. The normalized spacial score (nSPS) is 17.2. The van der Waals surface area contributed by atoms with Gasteiger partial charge in [-0.15, -0.1) is 11.6 Å². The predicted octanol–water partition coefficient (Wildman–Crippen LogP) is 10.3. The van der Waals surface area contributed by atoms with Gasteiger partial charge in [-0.1, -0.05) is 97.6 Å². The lowest BCUT2D eigenvalue weighted by Gasteiger charge is -2.53. The molecule has 0 bridgehead atoms. The quantitative estimate of drug-likeness (QED) is 0.142. The summed E-state index contributed by atoms with van der Waals surface area (Å²) in [4.78, 5) is 5.84. The zero-order chi connectivity index (χ0) is 27.9. The van der Waals surface area contributed by atoms with Crippen LogP contribution in [0.1, 0.15) is 76.8 Å². The van der Waals surface area contributed by atoms with E-state index < -0.39 is 0 Å². The minimum absolute atomic E-state index is 0.0738. The summed E-state index contributed by atoms with van der Waals surface area (Å²) in [5, 5.41) is 2.12. The van der Waals surface area contributed by atoms with Gasteiger partial charge in [-0.05, 0) is 106 Å². The standard InChI is InChI=1S/C37H45NO/c1-7-9-10-11-12-13-14-29-15-17-30(18-16-29)31-19-21-32(22-20-31)33-23-25-34(26-24-33)35-27-36(3,4)38(39-8-2)37(5,6)28-35/h7-8,11-12,15-26,35H,1-2,9-10,13-14,27-28H2,3-6H3/b12-11+. The highest BCUT2D eigenvalue weighted by Crippen LogP contribution is 2.46. The van der Waals surface area contributed by atoms with Gasteiger partial charge in [-0.3, -0.25) is 0 Å². The van der Waals surface area contributed by atoms with E-state index >= 15 is 0 Å². The molecule has 0 N–H and O–H groups in total. The van der Waals surface area contributed by atoms with Crippen LogP contribution in [0.4, 0.5) is 0 Å². The Bertz CT molecular complexity index is 1230. The molecule has 0 amide bonds. The number of piperidine rings is 1. The molecular formula is C37H45NO. The minimum Gasteiger partial charge on any atom is -0.413 e. The van der Waals surface area contributed by atoms with Crippen LogP contribution >= 0.6 is 0 Å². The fourth-order valence-corrected chi connectivity index (χ4v) is 6.23. The zero-order valence-corrected chi connectivity index (χ0v) is 24.3. The Morgan fingerprint density at radius 3 is 1.64 bits per heavy atom. The number of aryl methyl sites for hydroxylation is 1. The zero-order valence-electron chi connectivity index (χ0n) is 24.3. The number of unbranched alkanes of at least 4 members (excludes halogenated alkanes) is 1. The molecule has 4 rings (SSSR count). The van der Waals surface area contributed by atoms with Gasteiger partial charge in [0.05, 0.1) is 11.1 Å². The monoisotopic (exact) mass is 519 g/mol. The summed E-state index contributed by atoms with van der Waals surface area (Å²) in [7, 11) is 0. The van der Waals surface area contributed by atoms with E-state index in [-0.39, 0.29) is 11.1 Å². The minimum atomic E-state index is -0.0738. The Labute approximate surface area is 236 Å². The van der Waals surface area contributed by atoms with Crippen molar-refractivity contribution in [3.63, 3.8) is 0 Å². The maximum absolute atomic E-state index is 5.84. The summed E-state index contributed by atoms with van der Waals surface area (Å²) in [6.07, 6.45) is 14.5. The number of nitrogens with zero attached hydrogens (tertiary/aromatic N) is 1. The van der Waals surface area contributed by atoms with E-state index in [1.165, 1.54) is 33.4 Å². The van der Waals surface area contributed by atoms with Crippen LogP contribution in [0.5, 0.6) is 0 Å². The second-order valence-corrected chi connectivity index (χ2v) is 12.1. The number of hydrogen-bond acceptors (Lipinski definition) is 2. The number of hydrogen-bond donors (Lipinski definition) is 0. The van der Waals surface area contributed by atoms with E-state index in [4.69, 9.17) is 4.84 Å². The number of allylic oxidation sites excluding steroid dienone is 3. The molecule has 0 atom stereocenters. The lowest BCUT2D eigenvalue weighted by Crippen LogP contribution is -2.59. The van der Waals surface area contributed by atoms with Crippen LogP contribution in [-0.4, -0.2) is 16.1 Å².